The smallest absolute Gasteiger partial charge is 0.243 e. The van der Waals surface area contributed by atoms with E-state index in [0.717, 1.165) is 26.1 Å². The number of hydrogen-bond acceptors (Lipinski definition) is 4. The van der Waals surface area contributed by atoms with E-state index in [1.807, 2.05) is 0 Å². The van der Waals surface area contributed by atoms with Gasteiger partial charge in [0.1, 0.15) is 6.61 Å². The fourth-order valence-electron chi connectivity index (χ4n) is 1.55. The quantitative estimate of drug-likeness (QED) is 0.570. The molecule has 0 aromatic rings. The second-order valence-electron chi connectivity index (χ2n) is 3.71. The van der Waals surface area contributed by atoms with Gasteiger partial charge in [0.25, 0.3) is 0 Å². The third-order valence-electron chi connectivity index (χ3n) is 2.31. The van der Waals surface area contributed by atoms with E-state index in [4.69, 9.17) is 15.2 Å². The van der Waals surface area contributed by atoms with E-state index in [-0.39, 0.29) is 6.61 Å². The van der Waals surface area contributed by atoms with Crippen molar-refractivity contribution in [1.29, 1.82) is 0 Å². The van der Waals surface area contributed by atoms with E-state index in [9.17, 15) is 4.79 Å². The van der Waals surface area contributed by atoms with Crippen LogP contribution in [0.4, 0.5) is 0 Å². The molecule has 1 aliphatic rings. The van der Waals surface area contributed by atoms with Crippen LogP contribution in [-0.4, -0.2) is 44.9 Å². The number of hydrogen-bond donors (Lipinski definition) is 2. The number of nitrogens with one attached hydrogen (secondary N) is 1. The molecule has 88 valence electrons. The van der Waals surface area contributed by atoms with Crippen molar-refractivity contribution in [2.45, 2.75) is 25.4 Å². The summed E-state index contributed by atoms with van der Waals surface area (Å²) < 4.78 is 10.6. The van der Waals surface area contributed by atoms with Gasteiger partial charge in [-0.15, -0.1) is 0 Å². The molecule has 0 aromatic carbocycles. The standard InChI is InChI=1S/C10H20N2O3/c11-10(13)8-14-6-4-12-7-9-3-1-2-5-15-9/h9,12H,1-8H2,(H2,11,13). The topological polar surface area (TPSA) is 73.6 Å². The summed E-state index contributed by atoms with van der Waals surface area (Å²) in [5.41, 5.74) is 4.92. The first-order valence-electron chi connectivity index (χ1n) is 5.47. The Labute approximate surface area is 90.3 Å². The summed E-state index contributed by atoms with van der Waals surface area (Å²) in [6, 6.07) is 0. The van der Waals surface area contributed by atoms with Crippen molar-refractivity contribution in [3.8, 4) is 0 Å². The first-order valence-corrected chi connectivity index (χ1v) is 5.47. The van der Waals surface area contributed by atoms with Crippen LogP contribution in [0.3, 0.4) is 0 Å². The molecular weight excluding hydrogens is 196 g/mol. The Morgan fingerprint density at radius 3 is 3.07 bits per heavy atom. The van der Waals surface area contributed by atoms with Crippen LogP contribution in [0.15, 0.2) is 0 Å². The van der Waals surface area contributed by atoms with Crippen molar-refractivity contribution < 1.29 is 14.3 Å². The van der Waals surface area contributed by atoms with E-state index >= 15 is 0 Å². The zero-order chi connectivity index (χ0) is 10.9. The minimum absolute atomic E-state index is 0.00160. The van der Waals surface area contributed by atoms with Crippen LogP contribution in [-0.2, 0) is 14.3 Å². The number of primary amides is 1. The van der Waals surface area contributed by atoms with Gasteiger partial charge in [0.15, 0.2) is 0 Å². The Morgan fingerprint density at radius 1 is 1.53 bits per heavy atom. The van der Waals surface area contributed by atoms with Crippen LogP contribution in [0.5, 0.6) is 0 Å². The molecule has 1 fully saturated rings. The van der Waals surface area contributed by atoms with Crippen molar-refractivity contribution >= 4 is 5.91 Å². The summed E-state index contributed by atoms with van der Waals surface area (Å²) in [6.07, 6.45) is 3.91. The van der Waals surface area contributed by atoms with Crippen molar-refractivity contribution in [1.82, 2.24) is 5.32 Å². The Hall–Kier alpha value is -0.650. The molecule has 5 nitrogen and oxygen atoms in total. The summed E-state index contributed by atoms with van der Waals surface area (Å²) in [4.78, 5) is 10.3. The van der Waals surface area contributed by atoms with Crippen LogP contribution < -0.4 is 11.1 Å². The van der Waals surface area contributed by atoms with Gasteiger partial charge in [-0.3, -0.25) is 4.79 Å². The summed E-state index contributed by atoms with van der Waals surface area (Å²) >= 11 is 0. The first kappa shape index (κ1) is 12.4. The molecule has 0 spiro atoms. The third-order valence-corrected chi connectivity index (χ3v) is 2.31. The molecule has 1 amide bonds. The van der Waals surface area contributed by atoms with Crippen LogP contribution >= 0.6 is 0 Å². The summed E-state index contributed by atoms with van der Waals surface area (Å²) in [6.45, 7) is 2.98. The van der Waals surface area contributed by atoms with E-state index in [0.29, 0.717) is 12.7 Å². The molecule has 1 unspecified atom stereocenters. The molecule has 0 aliphatic carbocycles. The predicted octanol–water partition coefficient (Wildman–Crippen LogP) is -0.353. The summed E-state index contributed by atoms with van der Waals surface area (Å²) in [5.74, 6) is -0.425. The maximum absolute atomic E-state index is 10.3. The highest BCUT2D eigenvalue weighted by atomic mass is 16.5. The number of nitrogens with two attached hydrogens (primary N) is 1. The molecule has 3 N–H and O–H groups in total. The van der Waals surface area contributed by atoms with Crippen molar-refractivity contribution in [2.24, 2.45) is 5.73 Å². The van der Waals surface area contributed by atoms with E-state index < -0.39 is 5.91 Å². The normalized spacial score (nSPS) is 21.5. The van der Waals surface area contributed by atoms with Crippen LogP contribution in [0.1, 0.15) is 19.3 Å². The van der Waals surface area contributed by atoms with Crippen LogP contribution in [0.2, 0.25) is 0 Å². The summed E-state index contributed by atoms with van der Waals surface area (Å²) in [5, 5.41) is 3.23. The Bertz CT molecular complexity index is 182. The molecule has 1 rings (SSSR count). The predicted molar refractivity (Wildman–Crippen MR) is 56.5 cm³/mol. The van der Waals surface area contributed by atoms with Gasteiger partial charge >= 0.3 is 0 Å². The van der Waals surface area contributed by atoms with Crippen molar-refractivity contribution in [3.63, 3.8) is 0 Å². The molecule has 0 aromatic heterocycles. The molecule has 0 saturated carbocycles. The minimum atomic E-state index is -0.425. The molecule has 1 aliphatic heterocycles. The van der Waals surface area contributed by atoms with Crippen molar-refractivity contribution in [3.05, 3.63) is 0 Å². The number of rotatable bonds is 7. The second-order valence-corrected chi connectivity index (χ2v) is 3.71. The van der Waals surface area contributed by atoms with Gasteiger partial charge in [-0.25, -0.2) is 0 Å². The van der Waals surface area contributed by atoms with E-state index in [1.165, 1.54) is 12.8 Å². The maximum atomic E-state index is 10.3. The zero-order valence-electron chi connectivity index (χ0n) is 9.04. The lowest BCUT2D eigenvalue weighted by Gasteiger charge is -2.22. The Kier molecular flexibility index (Phi) is 6.31. The lowest BCUT2D eigenvalue weighted by molar-refractivity contribution is -0.122. The number of carbonyl (C=O) groups is 1. The highest BCUT2D eigenvalue weighted by Gasteiger charge is 2.12. The van der Waals surface area contributed by atoms with Crippen LogP contribution in [0.25, 0.3) is 0 Å². The number of carbonyl (C=O) groups excluding carboxylic acids is 1. The van der Waals surface area contributed by atoms with Crippen LogP contribution in [0, 0.1) is 0 Å². The maximum Gasteiger partial charge on any atom is 0.243 e. The van der Waals surface area contributed by atoms with Gasteiger partial charge < -0.3 is 20.5 Å². The Balaban J connectivity index is 1.85. The first-order chi connectivity index (χ1) is 7.29. The highest BCUT2D eigenvalue weighted by Crippen LogP contribution is 2.11. The van der Waals surface area contributed by atoms with Gasteiger partial charge in [-0.1, -0.05) is 0 Å². The largest absolute Gasteiger partial charge is 0.377 e. The molecule has 15 heavy (non-hydrogen) atoms. The molecule has 1 atom stereocenters. The molecule has 0 radical (unpaired) electrons. The number of ether oxygens (including phenoxy) is 2. The van der Waals surface area contributed by atoms with E-state index in [2.05, 4.69) is 5.32 Å². The molecule has 1 saturated heterocycles. The van der Waals surface area contributed by atoms with E-state index in [1.54, 1.807) is 0 Å². The fourth-order valence-corrected chi connectivity index (χ4v) is 1.55. The zero-order valence-corrected chi connectivity index (χ0v) is 9.04. The Morgan fingerprint density at radius 2 is 2.40 bits per heavy atom. The lowest BCUT2D eigenvalue weighted by Crippen LogP contribution is -2.33. The lowest BCUT2D eigenvalue weighted by atomic mass is 10.1. The highest BCUT2D eigenvalue weighted by molar-refractivity contribution is 5.74. The molecule has 5 heteroatoms. The number of amides is 1. The SMILES string of the molecule is NC(=O)COCCNCC1CCCCO1. The average molecular weight is 216 g/mol. The summed E-state index contributed by atoms with van der Waals surface area (Å²) in [7, 11) is 0. The van der Waals surface area contributed by atoms with Gasteiger partial charge in [-0.05, 0) is 19.3 Å². The second kappa shape index (κ2) is 7.62. The molecular formula is C10H20N2O3. The van der Waals surface area contributed by atoms with Gasteiger partial charge in [0.05, 0.1) is 12.7 Å². The molecule has 1 heterocycles. The third kappa shape index (κ3) is 6.43. The minimum Gasteiger partial charge on any atom is -0.377 e. The monoisotopic (exact) mass is 216 g/mol. The van der Waals surface area contributed by atoms with Gasteiger partial charge in [0.2, 0.25) is 5.91 Å². The molecule has 0 bridgehead atoms. The van der Waals surface area contributed by atoms with Gasteiger partial charge in [-0.2, -0.15) is 0 Å². The van der Waals surface area contributed by atoms with Gasteiger partial charge in [0, 0.05) is 19.7 Å². The average Bonchev–Trinajstić information content (AvgIpc) is 2.24. The fraction of sp³-hybridized carbons (Fsp3) is 0.900. The van der Waals surface area contributed by atoms with Crippen molar-refractivity contribution in [2.75, 3.05) is 32.9 Å².